The van der Waals surface area contributed by atoms with E-state index in [0.29, 0.717) is 17.3 Å². The Balaban J connectivity index is 2.23. The first-order valence-electron chi connectivity index (χ1n) is 4.79. The Hall–Kier alpha value is -1.80. The molecule has 0 aliphatic carbocycles. The second-order valence-electron chi connectivity index (χ2n) is 3.17. The van der Waals surface area contributed by atoms with Crippen LogP contribution in [0, 0.1) is 11.5 Å². The second-order valence-corrected chi connectivity index (χ2v) is 4.23. The summed E-state index contributed by atoms with van der Waals surface area (Å²) in [6.45, 7) is 0.610. The Bertz CT molecular complexity index is 464. The van der Waals surface area contributed by atoms with E-state index in [2.05, 4.69) is 4.99 Å². The number of thioether (sulfide) groups is 1. The normalized spacial score (nSPS) is 17.4. The van der Waals surface area contributed by atoms with Crippen LogP contribution in [-0.4, -0.2) is 28.3 Å². The number of nitriles is 1. The number of carbonyl (C=O) groups excluding carboxylic acids is 1. The van der Waals surface area contributed by atoms with Crippen LogP contribution in [-0.2, 0) is 0 Å². The van der Waals surface area contributed by atoms with Gasteiger partial charge in [-0.05, 0) is 12.1 Å². The van der Waals surface area contributed by atoms with E-state index in [1.807, 2.05) is 18.2 Å². The standard InChI is InChI=1S/C11H9N3OS/c12-8-13-11-14(6-7-16-11)10(15)9-4-2-1-3-5-9/h1-5H,6-7H2. The van der Waals surface area contributed by atoms with E-state index >= 15 is 0 Å². The third-order valence-corrected chi connectivity index (χ3v) is 3.15. The molecular formula is C11H9N3OS. The largest absolute Gasteiger partial charge is 0.286 e. The van der Waals surface area contributed by atoms with Crippen molar-refractivity contribution >= 4 is 22.8 Å². The summed E-state index contributed by atoms with van der Waals surface area (Å²) in [5.74, 6) is 0.693. The third kappa shape index (κ3) is 2.07. The Kier molecular flexibility index (Phi) is 3.22. The predicted molar refractivity (Wildman–Crippen MR) is 63.0 cm³/mol. The maximum Gasteiger partial charge on any atom is 0.259 e. The number of carbonyl (C=O) groups is 1. The molecule has 1 amide bonds. The molecule has 0 unspecified atom stereocenters. The molecule has 0 atom stereocenters. The minimum absolute atomic E-state index is 0.0976. The van der Waals surface area contributed by atoms with Crippen LogP contribution < -0.4 is 0 Å². The highest BCUT2D eigenvalue weighted by molar-refractivity contribution is 8.14. The molecule has 16 heavy (non-hydrogen) atoms. The van der Waals surface area contributed by atoms with Crippen LogP contribution in [0.15, 0.2) is 35.3 Å². The lowest BCUT2D eigenvalue weighted by molar-refractivity contribution is 0.0859. The van der Waals surface area contributed by atoms with Gasteiger partial charge in [0.25, 0.3) is 5.91 Å². The Morgan fingerprint density at radius 1 is 1.44 bits per heavy atom. The SMILES string of the molecule is N#CN=C1SCCN1C(=O)c1ccccc1. The quantitative estimate of drug-likeness (QED) is 0.691. The number of nitrogens with zero attached hydrogens (tertiary/aromatic N) is 3. The van der Waals surface area contributed by atoms with Gasteiger partial charge in [0.1, 0.15) is 0 Å². The summed E-state index contributed by atoms with van der Waals surface area (Å²) in [7, 11) is 0. The van der Waals surface area contributed by atoms with Gasteiger partial charge >= 0.3 is 0 Å². The first-order valence-corrected chi connectivity index (χ1v) is 5.78. The van der Waals surface area contributed by atoms with Crippen molar-refractivity contribution in [2.75, 3.05) is 12.3 Å². The topological polar surface area (TPSA) is 56.5 Å². The molecule has 0 N–H and O–H groups in total. The summed E-state index contributed by atoms with van der Waals surface area (Å²) < 4.78 is 0. The number of hydrogen-bond donors (Lipinski definition) is 0. The van der Waals surface area contributed by atoms with Crippen molar-refractivity contribution in [2.24, 2.45) is 4.99 Å². The van der Waals surface area contributed by atoms with Crippen molar-refractivity contribution in [3.05, 3.63) is 35.9 Å². The van der Waals surface area contributed by atoms with Crippen LogP contribution in [0.2, 0.25) is 0 Å². The van der Waals surface area contributed by atoms with E-state index < -0.39 is 0 Å². The van der Waals surface area contributed by atoms with Crippen LogP contribution in [0.5, 0.6) is 0 Å². The summed E-state index contributed by atoms with van der Waals surface area (Å²) in [4.78, 5) is 17.2. The van der Waals surface area contributed by atoms with Crippen LogP contribution >= 0.6 is 11.8 Å². The molecule has 0 spiro atoms. The third-order valence-electron chi connectivity index (χ3n) is 2.19. The van der Waals surface area contributed by atoms with Gasteiger partial charge in [0, 0.05) is 17.9 Å². The summed E-state index contributed by atoms with van der Waals surface area (Å²) >= 11 is 1.43. The van der Waals surface area contributed by atoms with Gasteiger partial charge in [0.2, 0.25) is 6.19 Å². The maximum atomic E-state index is 12.1. The van der Waals surface area contributed by atoms with Gasteiger partial charge in [0.15, 0.2) is 5.17 Å². The summed E-state index contributed by atoms with van der Waals surface area (Å²) in [6.07, 6.45) is 1.72. The Morgan fingerprint density at radius 3 is 2.88 bits per heavy atom. The second kappa shape index (κ2) is 4.81. The molecule has 0 aromatic heterocycles. The van der Waals surface area contributed by atoms with E-state index in [1.54, 1.807) is 23.2 Å². The van der Waals surface area contributed by atoms with Crippen molar-refractivity contribution in [1.82, 2.24) is 4.90 Å². The van der Waals surface area contributed by atoms with E-state index in [1.165, 1.54) is 11.8 Å². The molecule has 4 nitrogen and oxygen atoms in total. The van der Waals surface area contributed by atoms with E-state index in [-0.39, 0.29) is 5.91 Å². The zero-order valence-corrected chi connectivity index (χ0v) is 9.28. The molecule has 80 valence electrons. The number of aliphatic imine (C=N–C) groups is 1. The number of benzene rings is 1. The molecule has 1 aliphatic heterocycles. The summed E-state index contributed by atoms with van der Waals surface area (Å²) in [6, 6.07) is 9.01. The average Bonchev–Trinajstić information content (AvgIpc) is 2.78. The first-order chi connectivity index (χ1) is 7.83. The highest BCUT2D eigenvalue weighted by Crippen LogP contribution is 2.20. The molecule has 1 aromatic rings. The van der Waals surface area contributed by atoms with Crippen molar-refractivity contribution in [3.8, 4) is 6.19 Å². The van der Waals surface area contributed by atoms with Crippen molar-refractivity contribution in [2.45, 2.75) is 0 Å². The van der Waals surface area contributed by atoms with Crippen LogP contribution in [0.3, 0.4) is 0 Å². The van der Waals surface area contributed by atoms with Gasteiger partial charge in [0.05, 0.1) is 0 Å². The van der Waals surface area contributed by atoms with Crippen molar-refractivity contribution in [3.63, 3.8) is 0 Å². The number of amides is 1. The lowest BCUT2D eigenvalue weighted by Crippen LogP contribution is -2.31. The average molecular weight is 231 g/mol. The monoisotopic (exact) mass is 231 g/mol. The van der Waals surface area contributed by atoms with Gasteiger partial charge in [-0.3, -0.25) is 9.69 Å². The van der Waals surface area contributed by atoms with Crippen LogP contribution in [0.4, 0.5) is 0 Å². The molecule has 1 aromatic carbocycles. The van der Waals surface area contributed by atoms with Crippen LogP contribution in [0.25, 0.3) is 0 Å². The molecule has 2 rings (SSSR count). The number of hydrogen-bond acceptors (Lipinski definition) is 4. The van der Waals surface area contributed by atoms with Gasteiger partial charge in [-0.2, -0.15) is 5.26 Å². The molecule has 1 aliphatic rings. The highest BCUT2D eigenvalue weighted by atomic mass is 32.2. The van der Waals surface area contributed by atoms with E-state index in [0.717, 1.165) is 5.75 Å². The fourth-order valence-corrected chi connectivity index (χ4v) is 2.35. The fourth-order valence-electron chi connectivity index (χ4n) is 1.46. The van der Waals surface area contributed by atoms with E-state index in [4.69, 9.17) is 5.26 Å². The Labute approximate surface area is 97.6 Å². The molecule has 1 saturated heterocycles. The van der Waals surface area contributed by atoms with Gasteiger partial charge in [-0.1, -0.05) is 30.0 Å². The lowest BCUT2D eigenvalue weighted by atomic mass is 10.2. The maximum absolute atomic E-state index is 12.1. The number of amidine groups is 1. The molecule has 0 radical (unpaired) electrons. The zero-order valence-electron chi connectivity index (χ0n) is 8.46. The Morgan fingerprint density at radius 2 is 2.19 bits per heavy atom. The summed E-state index contributed by atoms with van der Waals surface area (Å²) in [5, 5.41) is 9.00. The minimum Gasteiger partial charge on any atom is -0.286 e. The summed E-state index contributed by atoms with van der Waals surface area (Å²) in [5.41, 5.74) is 0.621. The zero-order chi connectivity index (χ0) is 11.4. The molecule has 0 saturated carbocycles. The predicted octanol–water partition coefficient (Wildman–Crippen LogP) is 1.71. The van der Waals surface area contributed by atoms with Crippen LogP contribution in [0.1, 0.15) is 10.4 Å². The molecule has 1 fully saturated rings. The van der Waals surface area contributed by atoms with Crippen molar-refractivity contribution in [1.29, 1.82) is 5.26 Å². The molecule has 0 bridgehead atoms. The minimum atomic E-state index is -0.0976. The van der Waals surface area contributed by atoms with E-state index in [9.17, 15) is 4.79 Å². The smallest absolute Gasteiger partial charge is 0.259 e. The highest BCUT2D eigenvalue weighted by Gasteiger charge is 2.26. The molecule has 1 heterocycles. The number of rotatable bonds is 1. The fraction of sp³-hybridized carbons (Fsp3) is 0.182. The lowest BCUT2D eigenvalue weighted by Gasteiger charge is -2.14. The van der Waals surface area contributed by atoms with Gasteiger partial charge < -0.3 is 0 Å². The molecular weight excluding hydrogens is 222 g/mol. The van der Waals surface area contributed by atoms with Crippen molar-refractivity contribution < 1.29 is 4.79 Å². The molecule has 5 heteroatoms. The van der Waals surface area contributed by atoms with Gasteiger partial charge in [-0.25, -0.2) is 0 Å². The first kappa shape index (κ1) is 10.7. The van der Waals surface area contributed by atoms with Gasteiger partial charge in [-0.15, -0.1) is 4.99 Å².